The van der Waals surface area contributed by atoms with Crippen LogP contribution in [0.25, 0.3) is 0 Å². The minimum Gasteiger partial charge on any atom is -0.376 e. The molecular weight excluding hydrogens is 288 g/mol. The quantitative estimate of drug-likeness (QED) is 0.570. The van der Waals surface area contributed by atoms with Crippen LogP contribution >= 0.6 is 15.9 Å². The maximum atomic E-state index is 5.69. The summed E-state index contributed by atoms with van der Waals surface area (Å²) in [6, 6.07) is 18.9. The highest BCUT2D eigenvalue weighted by molar-refractivity contribution is 9.08. The molecule has 0 spiro atoms. The van der Waals surface area contributed by atoms with Crippen molar-refractivity contribution in [3.05, 3.63) is 71.3 Å². The fourth-order valence-corrected chi connectivity index (χ4v) is 2.17. The third-order valence-corrected chi connectivity index (χ3v) is 3.44. The van der Waals surface area contributed by atoms with Crippen molar-refractivity contribution in [1.82, 2.24) is 0 Å². The van der Waals surface area contributed by atoms with Gasteiger partial charge in [0.05, 0.1) is 13.2 Å². The molecule has 0 aromatic heterocycles. The van der Waals surface area contributed by atoms with E-state index in [9.17, 15) is 0 Å². The van der Waals surface area contributed by atoms with E-state index in [0.717, 1.165) is 18.4 Å². The molecule has 0 bridgehead atoms. The van der Waals surface area contributed by atoms with E-state index in [4.69, 9.17) is 4.74 Å². The molecule has 0 aliphatic rings. The van der Waals surface area contributed by atoms with Crippen LogP contribution in [0.2, 0.25) is 0 Å². The number of hydrogen-bond acceptors (Lipinski definition) is 1. The van der Waals surface area contributed by atoms with E-state index in [0.29, 0.717) is 6.61 Å². The van der Waals surface area contributed by atoms with Gasteiger partial charge in [-0.25, -0.2) is 0 Å². The first-order valence-corrected chi connectivity index (χ1v) is 7.26. The van der Waals surface area contributed by atoms with Gasteiger partial charge in [0.15, 0.2) is 0 Å². The van der Waals surface area contributed by atoms with Gasteiger partial charge in [0, 0.05) is 5.33 Å². The van der Waals surface area contributed by atoms with E-state index in [1.165, 1.54) is 16.7 Å². The lowest BCUT2D eigenvalue weighted by Gasteiger charge is -2.05. The molecule has 2 heteroatoms. The molecule has 2 rings (SSSR count). The maximum Gasteiger partial charge on any atom is 0.0717 e. The molecule has 2 aromatic carbocycles. The molecule has 18 heavy (non-hydrogen) atoms. The minimum atomic E-state index is 0.693. The number of hydrogen-bond donors (Lipinski definition) is 0. The van der Waals surface area contributed by atoms with Crippen LogP contribution in [0.5, 0.6) is 0 Å². The first-order chi connectivity index (χ1) is 8.88. The van der Waals surface area contributed by atoms with E-state index < -0.39 is 0 Å². The lowest BCUT2D eigenvalue weighted by molar-refractivity contribution is 0.124. The molecular formula is C16H17BrO. The molecule has 0 amide bonds. The molecule has 0 N–H and O–H groups in total. The smallest absolute Gasteiger partial charge is 0.0717 e. The number of benzene rings is 2. The number of rotatable bonds is 6. The average Bonchev–Trinajstić information content (AvgIpc) is 2.45. The maximum absolute atomic E-state index is 5.69. The van der Waals surface area contributed by atoms with E-state index in [-0.39, 0.29) is 0 Å². The zero-order valence-electron chi connectivity index (χ0n) is 10.3. The summed E-state index contributed by atoms with van der Waals surface area (Å²) in [5.41, 5.74) is 3.88. The lowest BCUT2D eigenvalue weighted by atomic mass is 10.1. The van der Waals surface area contributed by atoms with Gasteiger partial charge >= 0.3 is 0 Å². The van der Waals surface area contributed by atoms with Gasteiger partial charge in [0.2, 0.25) is 0 Å². The van der Waals surface area contributed by atoms with Crippen molar-refractivity contribution in [3.8, 4) is 0 Å². The van der Waals surface area contributed by atoms with Gasteiger partial charge in [0.1, 0.15) is 0 Å². The summed E-state index contributed by atoms with van der Waals surface area (Å²) in [6.07, 6.45) is 0.966. The Balaban J connectivity index is 1.75. The molecule has 0 unspecified atom stereocenters. The second kappa shape index (κ2) is 7.34. The first kappa shape index (κ1) is 13.3. The lowest BCUT2D eigenvalue weighted by Crippen LogP contribution is -1.99. The van der Waals surface area contributed by atoms with Crippen molar-refractivity contribution in [3.63, 3.8) is 0 Å². The van der Waals surface area contributed by atoms with Crippen molar-refractivity contribution in [2.75, 3.05) is 6.61 Å². The zero-order chi connectivity index (χ0) is 12.6. The van der Waals surface area contributed by atoms with Crippen LogP contribution in [-0.2, 0) is 23.1 Å². The molecule has 1 nitrogen and oxygen atoms in total. The normalized spacial score (nSPS) is 10.5. The Labute approximate surface area is 117 Å². The Hall–Kier alpha value is -1.12. The van der Waals surface area contributed by atoms with Crippen LogP contribution < -0.4 is 0 Å². The minimum absolute atomic E-state index is 0.693. The highest BCUT2D eigenvalue weighted by Gasteiger charge is 1.96. The Kier molecular flexibility index (Phi) is 5.43. The molecule has 0 saturated carbocycles. The van der Waals surface area contributed by atoms with Gasteiger partial charge in [-0.15, -0.1) is 0 Å². The summed E-state index contributed by atoms with van der Waals surface area (Å²) >= 11 is 3.47. The first-order valence-electron chi connectivity index (χ1n) is 6.14. The Bertz CT molecular complexity index is 468. The third kappa shape index (κ3) is 4.28. The topological polar surface area (TPSA) is 9.23 Å². The molecule has 0 aliphatic carbocycles. The van der Waals surface area contributed by atoms with Gasteiger partial charge in [-0.3, -0.25) is 0 Å². The predicted molar refractivity (Wildman–Crippen MR) is 78.9 cm³/mol. The van der Waals surface area contributed by atoms with Crippen LogP contribution in [0.4, 0.5) is 0 Å². The van der Waals surface area contributed by atoms with Gasteiger partial charge in [-0.05, 0) is 23.1 Å². The zero-order valence-corrected chi connectivity index (χ0v) is 11.9. The molecule has 0 fully saturated rings. The average molecular weight is 305 g/mol. The van der Waals surface area contributed by atoms with Crippen LogP contribution in [0.3, 0.4) is 0 Å². The van der Waals surface area contributed by atoms with Crippen LogP contribution in [0, 0.1) is 0 Å². The van der Waals surface area contributed by atoms with E-state index in [2.05, 4.69) is 52.3 Å². The monoisotopic (exact) mass is 304 g/mol. The molecule has 0 aliphatic heterocycles. The Morgan fingerprint density at radius 1 is 0.833 bits per heavy atom. The fraction of sp³-hybridized carbons (Fsp3) is 0.250. The van der Waals surface area contributed by atoms with Gasteiger partial charge in [-0.2, -0.15) is 0 Å². The Morgan fingerprint density at radius 2 is 1.56 bits per heavy atom. The SMILES string of the molecule is BrCc1cccc(CCOCc2ccccc2)c1. The largest absolute Gasteiger partial charge is 0.376 e. The third-order valence-electron chi connectivity index (χ3n) is 2.79. The van der Waals surface area contributed by atoms with Crippen molar-refractivity contribution in [2.45, 2.75) is 18.4 Å². The molecule has 0 saturated heterocycles. The molecule has 0 atom stereocenters. The second-order valence-corrected chi connectivity index (χ2v) is 4.80. The van der Waals surface area contributed by atoms with E-state index in [1.54, 1.807) is 0 Å². The number of alkyl halides is 1. The molecule has 0 heterocycles. The highest BCUT2D eigenvalue weighted by atomic mass is 79.9. The summed E-state index contributed by atoms with van der Waals surface area (Å²) in [7, 11) is 0. The highest BCUT2D eigenvalue weighted by Crippen LogP contribution is 2.10. The van der Waals surface area contributed by atoms with Gasteiger partial charge in [0.25, 0.3) is 0 Å². The summed E-state index contributed by atoms with van der Waals surface area (Å²) in [5.74, 6) is 0. The van der Waals surface area contributed by atoms with E-state index >= 15 is 0 Å². The number of halogens is 1. The van der Waals surface area contributed by atoms with Gasteiger partial charge in [-0.1, -0.05) is 70.5 Å². The predicted octanol–water partition coefficient (Wildman–Crippen LogP) is 4.34. The Morgan fingerprint density at radius 3 is 2.33 bits per heavy atom. The van der Waals surface area contributed by atoms with Crippen molar-refractivity contribution in [1.29, 1.82) is 0 Å². The summed E-state index contributed by atoms with van der Waals surface area (Å²) in [6.45, 7) is 1.46. The molecule has 0 radical (unpaired) electrons. The van der Waals surface area contributed by atoms with Crippen molar-refractivity contribution >= 4 is 15.9 Å². The van der Waals surface area contributed by atoms with Crippen LogP contribution in [0.1, 0.15) is 16.7 Å². The number of ether oxygens (including phenoxy) is 1. The summed E-state index contributed by atoms with van der Waals surface area (Å²) in [4.78, 5) is 0. The molecule has 94 valence electrons. The van der Waals surface area contributed by atoms with Crippen LogP contribution in [0.15, 0.2) is 54.6 Å². The van der Waals surface area contributed by atoms with Crippen molar-refractivity contribution in [2.24, 2.45) is 0 Å². The second-order valence-electron chi connectivity index (χ2n) is 4.24. The fourth-order valence-electron chi connectivity index (χ4n) is 1.82. The summed E-state index contributed by atoms with van der Waals surface area (Å²) < 4.78 is 5.69. The van der Waals surface area contributed by atoms with Gasteiger partial charge < -0.3 is 4.74 Å². The van der Waals surface area contributed by atoms with Crippen LogP contribution in [-0.4, -0.2) is 6.61 Å². The van der Waals surface area contributed by atoms with E-state index in [1.807, 2.05) is 18.2 Å². The summed E-state index contributed by atoms with van der Waals surface area (Å²) in [5, 5.41) is 0.908. The molecule has 2 aromatic rings. The standard InChI is InChI=1S/C16H17BrO/c17-12-16-8-4-7-14(11-16)9-10-18-13-15-5-2-1-3-6-15/h1-8,11H,9-10,12-13H2. The van der Waals surface area contributed by atoms with Crippen molar-refractivity contribution < 1.29 is 4.74 Å².